The molecule has 138 valence electrons. The number of nitrogens with one attached hydrogen (secondary N) is 1. The Balaban J connectivity index is 1.95. The Labute approximate surface area is 158 Å². The molecule has 0 aliphatic rings. The van der Waals surface area contributed by atoms with Crippen molar-refractivity contribution >= 4 is 35.2 Å². The number of benzene rings is 2. The smallest absolute Gasteiger partial charge is 0.340 e. The lowest BCUT2D eigenvalue weighted by Gasteiger charge is -2.15. The van der Waals surface area contributed by atoms with Gasteiger partial charge in [-0.1, -0.05) is 17.7 Å². The molecule has 0 saturated carbocycles. The predicted octanol–water partition coefficient (Wildman–Crippen LogP) is 4.37. The van der Waals surface area contributed by atoms with Crippen LogP contribution in [0.2, 0.25) is 5.02 Å². The molecule has 0 radical (unpaired) electrons. The van der Waals surface area contributed by atoms with Crippen LogP contribution in [0.4, 0.5) is 8.78 Å². The fourth-order valence-corrected chi connectivity index (χ4v) is 2.84. The molecular weight excluding hydrogens is 384 g/mol. The van der Waals surface area contributed by atoms with Crippen molar-refractivity contribution in [2.24, 2.45) is 0 Å². The van der Waals surface area contributed by atoms with Gasteiger partial charge in [-0.15, -0.1) is 11.8 Å². The molecule has 26 heavy (non-hydrogen) atoms. The Morgan fingerprint density at radius 3 is 2.62 bits per heavy atom. The van der Waals surface area contributed by atoms with Crippen LogP contribution in [-0.4, -0.2) is 24.7 Å². The first-order valence-corrected chi connectivity index (χ1v) is 9.17. The molecule has 8 heteroatoms. The van der Waals surface area contributed by atoms with Gasteiger partial charge < -0.3 is 10.1 Å². The number of carbonyl (C=O) groups is 2. The first-order valence-electron chi connectivity index (χ1n) is 7.56. The second kappa shape index (κ2) is 9.00. The van der Waals surface area contributed by atoms with Gasteiger partial charge in [0, 0.05) is 16.5 Å². The standard InChI is InChI=1S/C18H16ClF2NO3S/c1-10(13-5-3-11(20)7-16(13)21)22-17(23)9-25-18(24)14-8-12(26-2)4-6-15(14)19/h3-8,10H,9H2,1-2H3,(H,22,23)/t10-/m1/s1. The highest BCUT2D eigenvalue weighted by atomic mass is 35.5. The molecule has 0 spiro atoms. The average Bonchev–Trinajstić information content (AvgIpc) is 2.60. The SMILES string of the molecule is CSc1ccc(Cl)c(C(=O)OCC(=O)N[C@H](C)c2ccc(F)cc2F)c1. The molecule has 0 bridgehead atoms. The third-order valence-electron chi connectivity index (χ3n) is 3.53. The monoisotopic (exact) mass is 399 g/mol. The highest BCUT2D eigenvalue weighted by molar-refractivity contribution is 7.98. The molecule has 0 aliphatic carbocycles. The van der Waals surface area contributed by atoms with E-state index in [1.165, 1.54) is 24.8 Å². The lowest BCUT2D eigenvalue weighted by Crippen LogP contribution is -2.31. The maximum Gasteiger partial charge on any atom is 0.340 e. The second-order valence-corrected chi connectivity index (χ2v) is 6.66. The Kier molecular flexibility index (Phi) is 6.99. The van der Waals surface area contributed by atoms with E-state index in [4.69, 9.17) is 16.3 Å². The lowest BCUT2D eigenvalue weighted by molar-refractivity contribution is -0.124. The number of rotatable bonds is 6. The number of carbonyl (C=O) groups excluding carboxylic acids is 2. The quantitative estimate of drug-likeness (QED) is 0.578. The summed E-state index contributed by atoms with van der Waals surface area (Å²) >= 11 is 7.41. The van der Waals surface area contributed by atoms with Crippen LogP contribution in [0.15, 0.2) is 41.3 Å². The Hall–Kier alpha value is -2.12. The van der Waals surface area contributed by atoms with Gasteiger partial charge >= 0.3 is 5.97 Å². The summed E-state index contributed by atoms with van der Waals surface area (Å²) in [7, 11) is 0. The highest BCUT2D eigenvalue weighted by Gasteiger charge is 2.17. The fraction of sp³-hybridized carbons (Fsp3) is 0.222. The molecule has 2 aromatic carbocycles. The van der Waals surface area contributed by atoms with Gasteiger partial charge in [0.1, 0.15) is 11.6 Å². The first-order chi connectivity index (χ1) is 12.3. The summed E-state index contributed by atoms with van der Waals surface area (Å²) in [5, 5.41) is 2.70. The van der Waals surface area contributed by atoms with Crippen molar-refractivity contribution in [3.8, 4) is 0 Å². The van der Waals surface area contributed by atoms with Crippen LogP contribution >= 0.6 is 23.4 Å². The largest absolute Gasteiger partial charge is 0.452 e. The Bertz CT molecular complexity index is 832. The Morgan fingerprint density at radius 2 is 1.96 bits per heavy atom. The molecule has 0 saturated heterocycles. The van der Waals surface area contributed by atoms with Gasteiger partial charge in [-0.25, -0.2) is 13.6 Å². The molecule has 0 heterocycles. The van der Waals surface area contributed by atoms with Gasteiger partial charge in [-0.3, -0.25) is 4.79 Å². The molecule has 4 nitrogen and oxygen atoms in total. The van der Waals surface area contributed by atoms with Crippen molar-refractivity contribution in [2.45, 2.75) is 17.9 Å². The number of thioether (sulfide) groups is 1. The van der Waals surface area contributed by atoms with Crippen LogP contribution in [0.3, 0.4) is 0 Å². The molecule has 0 aromatic heterocycles. The van der Waals surface area contributed by atoms with E-state index in [1.54, 1.807) is 18.2 Å². The van der Waals surface area contributed by atoms with Crippen LogP contribution in [0.1, 0.15) is 28.9 Å². The minimum absolute atomic E-state index is 0.127. The van der Waals surface area contributed by atoms with Crippen molar-refractivity contribution in [1.29, 1.82) is 0 Å². The topological polar surface area (TPSA) is 55.4 Å². The highest BCUT2D eigenvalue weighted by Crippen LogP contribution is 2.23. The predicted molar refractivity (Wildman–Crippen MR) is 96.4 cm³/mol. The summed E-state index contributed by atoms with van der Waals surface area (Å²) in [5.74, 6) is -2.83. The number of hydrogen-bond donors (Lipinski definition) is 1. The van der Waals surface area contributed by atoms with E-state index < -0.39 is 36.2 Å². The van der Waals surface area contributed by atoms with E-state index in [9.17, 15) is 18.4 Å². The normalized spacial score (nSPS) is 11.7. The molecule has 1 amide bonds. The number of halogens is 3. The van der Waals surface area contributed by atoms with Crippen molar-refractivity contribution in [1.82, 2.24) is 5.32 Å². The van der Waals surface area contributed by atoms with Crippen LogP contribution in [0.25, 0.3) is 0 Å². The zero-order chi connectivity index (χ0) is 19.3. The first kappa shape index (κ1) is 20.2. The maximum absolute atomic E-state index is 13.7. The summed E-state index contributed by atoms with van der Waals surface area (Å²) < 4.78 is 31.6. The summed E-state index contributed by atoms with van der Waals surface area (Å²) in [6, 6.07) is 7.27. The van der Waals surface area contributed by atoms with E-state index in [0.29, 0.717) is 0 Å². The van der Waals surface area contributed by atoms with Crippen LogP contribution < -0.4 is 5.32 Å². The maximum atomic E-state index is 13.7. The van der Waals surface area contributed by atoms with E-state index in [1.807, 2.05) is 6.26 Å². The van der Waals surface area contributed by atoms with Gasteiger partial charge in [0.15, 0.2) is 6.61 Å². The molecule has 2 rings (SSSR count). The van der Waals surface area contributed by atoms with Crippen molar-refractivity contribution < 1.29 is 23.1 Å². The third-order valence-corrected chi connectivity index (χ3v) is 4.59. The van der Waals surface area contributed by atoms with Crippen molar-refractivity contribution in [2.75, 3.05) is 12.9 Å². The molecule has 0 unspecified atom stereocenters. The Morgan fingerprint density at radius 1 is 1.23 bits per heavy atom. The molecule has 0 fully saturated rings. The summed E-state index contributed by atoms with van der Waals surface area (Å²) in [5.41, 5.74) is 0.283. The van der Waals surface area contributed by atoms with Crippen LogP contribution in [0, 0.1) is 11.6 Å². The molecule has 2 aromatic rings. The van der Waals surface area contributed by atoms with Gasteiger partial charge in [-0.05, 0) is 37.4 Å². The van der Waals surface area contributed by atoms with Crippen LogP contribution in [-0.2, 0) is 9.53 Å². The zero-order valence-corrected chi connectivity index (χ0v) is 15.6. The number of hydrogen-bond acceptors (Lipinski definition) is 4. The minimum atomic E-state index is -0.768. The number of esters is 1. The van der Waals surface area contributed by atoms with Gasteiger partial charge in [-0.2, -0.15) is 0 Å². The molecule has 1 N–H and O–H groups in total. The van der Waals surface area contributed by atoms with Crippen molar-refractivity contribution in [3.63, 3.8) is 0 Å². The lowest BCUT2D eigenvalue weighted by atomic mass is 10.1. The average molecular weight is 400 g/mol. The fourth-order valence-electron chi connectivity index (χ4n) is 2.21. The number of amides is 1. The van der Waals surface area contributed by atoms with Crippen LogP contribution in [0.5, 0.6) is 0 Å². The molecule has 1 atom stereocenters. The van der Waals surface area contributed by atoms with Crippen molar-refractivity contribution in [3.05, 3.63) is 64.2 Å². The van der Waals surface area contributed by atoms with E-state index in [2.05, 4.69) is 5.32 Å². The molecule has 0 aliphatic heterocycles. The van der Waals surface area contributed by atoms with Gasteiger partial charge in [0.05, 0.1) is 16.6 Å². The summed E-state index contributed by atoms with van der Waals surface area (Å²) in [6.45, 7) is 0.987. The van der Waals surface area contributed by atoms with Gasteiger partial charge in [0.2, 0.25) is 0 Å². The van der Waals surface area contributed by atoms with E-state index in [-0.39, 0.29) is 16.1 Å². The molecular formula is C18H16ClF2NO3S. The number of ether oxygens (including phenoxy) is 1. The van der Waals surface area contributed by atoms with E-state index in [0.717, 1.165) is 17.0 Å². The minimum Gasteiger partial charge on any atom is -0.452 e. The summed E-state index contributed by atoms with van der Waals surface area (Å²) in [6.07, 6.45) is 1.85. The second-order valence-electron chi connectivity index (χ2n) is 5.38. The third kappa shape index (κ3) is 5.19. The zero-order valence-electron chi connectivity index (χ0n) is 14.0. The van der Waals surface area contributed by atoms with E-state index >= 15 is 0 Å². The summed E-state index contributed by atoms with van der Waals surface area (Å²) in [4.78, 5) is 24.8. The van der Waals surface area contributed by atoms with Gasteiger partial charge in [0.25, 0.3) is 5.91 Å².